The van der Waals surface area contributed by atoms with Crippen LogP contribution in [0.4, 0.5) is 0 Å². The van der Waals surface area contributed by atoms with Crippen LogP contribution in [0, 0.1) is 0 Å². The number of aromatic nitrogens is 3. The third kappa shape index (κ3) is 2.27. The molecule has 0 saturated heterocycles. The van der Waals surface area contributed by atoms with Crippen molar-refractivity contribution in [1.29, 1.82) is 0 Å². The van der Waals surface area contributed by atoms with Gasteiger partial charge in [0.05, 0.1) is 19.6 Å². The van der Waals surface area contributed by atoms with E-state index in [0.29, 0.717) is 38.6 Å². The second-order valence-electron chi connectivity index (χ2n) is 6.46. The number of fused-ring (bicyclic) bond motifs is 4. The van der Waals surface area contributed by atoms with Gasteiger partial charge in [0, 0.05) is 17.1 Å². The van der Waals surface area contributed by atoms with Gasteiger partial charge in [0.25, 0.3) is 0 Å². The van der Waals surface area contributed by atoms with E-state index in [1.54, 1.807) is 24.4 Å². The number of furan rings is 1. The van der Waals surface area contributed by atoms with E-state index in [2.05, 4.69) is 15.2 Å². The van der Waals surface area contributed by atoms with Gasteiger partial charge in [-0.25, -0.2) is 4.98 Å². The minimum Gasteiger partial charge on any atom is -0.502 e. The molecule has 0 unspecified atom stereocenters. The Morgan fingerprint density at radius 1 is 1.00 bits per heavy atom. The monoisotopic (exact) mass is 393 g/mol. The molecule has 0 aliphatic heterocycles. The minimum atomic E-state index is -0.537. The average Bonchev–Trinajstić information content (AvgIpc) is 3.34. The summed E-state index contributed by atoms with van der Waals surface area (Å²) in [7, 11) is 2.88. The summed E-state index contributed by atoms with van der Waals surface area (Å²) in [5.41, 5.74) is 2.17. The van der Waals surface area contributed by atoms with Crippen molar-refractivity contribution < 1.29 is 24.1 Å². The minimum absolute atomic E-state index is 0.0654. The largest absolute Gasteiger partial charge is 0.502 e. The van der Waals surface area contributed by atoms with Crippen LogP contribution in [-0.2, 0) is 0 Å². The lowest BCUT2D eigenvalue weighted by Gasteiger charge is -2.12. The standard InChI is InChI=1S/C20H15N3O6/c1-27-12-5-8(6-13(28-2)17(12)26)14-10-7-21-23-20(10)22-15-9-3-4-11(24)16(25)18(9)29-19(14)15/h3-7,25-26H,1-2H3,(H2,21,22,23). The Morgan fingerprint density at radius 3 is 2.41 bits per heavy atom. The summed E-state index contributed by atoms with van der Waals surface area (Å²) in [4.78, 5) is 16.4. The molecule has 4 N–H and O–H groups in total. The first-order valence-corrected chi connectivity index (χ1v) is 8.62. The maximum absolute atomic E-state index is 11.9. The molecule has 5 aromatic rings. The van der Waals surface area contributed by atoms with Crippen LogP contribution in [-0.4, -0.2) is 39.6 Å². The van der Waals surface area contributed by atoms with Gasteiger partial charge in [0.15, 0.2) is 28.3 Å². The fraction of sp³-hybridized carbons (Fsp3) is 0.100. The van der Waals surface area contributed by atoms with E-state index in [0.717, 1.165) is 0 Å². The molecule has 5 rings (SSSR count). The zero-order chi connectivity index (χ0) is 20.3. The van der Waals surface area contributed by atoms with Crippen molar-refractivity contribution in [3.8, 4) is 34.1 Å². The van der Waals surface area contributed by atoms with E-state index in [9.17, 15) is 15.0 Å². The number of aromatic hydroxyl groups is 2. The Kier molecular flexibility index (Phi) is 3.47. The number of phenols is 2. The summed E-state index contributed by atoms with van der Waals surface area (Å²) in [6.07, 6.45) is 1.72. The fourth-order valence-electron chi connectivity index (χ4n) is 3.55. The molecular formula is C20H15N3O6. The van der Waals surface area contributed by atoms with E-state index in [1.165, 1.54) is 20.3 Å². The number of pyridine rings is 1. The second-order valence-corrected chi connectivity index (χ2v) is 6.46. The lowest BCUT2D eigenvalue weighted by Crippen LogP contribution is -1.95. The molecule has 0 aliphatic carbocycles. The average molecular weight is 393 g/mol. The van der Waals surface area contributed by atoms with Gasteiger partial charge in [0.1, 0.15) is 5.52 Å². The summed E-state index contributed by atoms with van der Waals surface area (Å²) in [5.74, 6) is -0.155. The molecule has 0 saturated carbocycles. The Labute approximate surface area is 162 Å². The van der Waals surface area contributed by atoms with Gasteiger partial charge in [0.2, 0.25) is 16.9 Å². The molecule has 9 heteroatoms. The normalized spacial score (nSPS) is 11.5. The van der Waals surface area contributed by atoms with Gasteiger partial charge >= 0.3 is 0 Å². The highest BCUT2D eigenvalue weighted by Gasteiger charge is 2.23. The zero-order valence-electron chi connectivity index (χ0n) is 15.4. The molecule has 0 spiro atoms. The molecule has 2 aromatic carbocycles. The summed E-state index contributed by atoms with van der Waals surface area (Å²) in [6.45, 7) is 0. The fourth-order valence-corrected chi connectivity index (χ4v) is 3.55. The Morgan fingerprint density at radius 2 is 1.72 bits per heavy atom. The van der Waals surface area contributed by atoms with Crippen LogP contribution < -0.4 is 14.9 Å². The van der Waals surface area contributed by atoms with Crippen molar-refractivity contribution >= 4 is 33.1 Å². The predicted molar refractivity (Wildman–Crippen MR) is 106 cm³/mol. The quantitative estimate of drug-likeness (QED) is 0.370. The summed E-state index contributed by atoms with van der Waals surface area (Å²) >= 11 is 0. The third-order valence-electron chi connectivity index (χ3n) is 4.92. The SMILES string of the molecule is COc1cc(-c2c3c[nH][nH]c3nc3c2oc2c(O)c(=O)ccc23)cc(OC)c1O. The molecule has 0 bridgehead atoms. The van der Waals surface area contributed by atoms with E-state index >= 15 is 0 Å². The number of phenolic OH excluding ortho intramolecular Hbond substituents is 2. The van der Waals surface area contributed by atoms with Crippen LogP contribution >= 0.6 is 0 Å². The number of nitrogens with zero attached hydrogens (tertiary/aromatic N) is 1. The van der Waals surface area contributed by atoms with Crippen molar-refractivity contribution in [2.45, 2.75) is 0 Å². The van der Waals surface area contributed by atoms with Crippen molar-refractivity contribution in [3.05, 3.63) is 40.7 Å². The van der Waals surface area contributed by atoms with Crippen LogP contribution in [0.3, 0.4) is 0 Å². The Bertz CT molecular complexity index is 1450. The van der Waals surface area contributed by atoms with Crippen LogP contribution in [0.1, 0.15) is 0 Å². The number of aromatic amines is 2. The Hall–Kier alpha value is -4.14. The lowest BCUT2D eigenvalue weighted by atomic mass is 10.0. The maximum atomic E-state index is 11.9. The molecule has 3 heterocycles. The van der Waals surface area contributed by atoms with Gasteiger partial charge in [-0.1, -0.05) is 0 Å². The number of methoxy groups -OCH3 is 2. The molecule has 3 aromatic heterocycles. The van der Waals surface area contributed by atoms with Crippen molar-refractivity contribution in [2.75, 3.05) is 14.2 Å². The number of ether oxygens (including phenoxy) is 2. The highest BCUT2D eigenvalue weighted by molar-refractivity contribution is 6.15. The first-order chi connectivity index (χ1) is 14.0. The predicted octanol–water partition coefficient (Wildman–Crippen LogP) is 3.25. The summed E-state index contributed by atoms with van der Waals surface area (Å²) in [6, 6.07) is 6.12. The molecule has 9 nitrogen and oxygen atoms in total. The van der Waals surface area contributed by atoms with Gasteiger partial charge in [-0.3, -0.25) is 9.89 Å². The third-order valence-corrected chi connectivity index (χ3v) is 4.92. The van der Waals surface area contributed by atoms with Crippen LogP contribution in [0.15, 0.2) is 39.7 Å². The van der Waals surface area contributed by atoms with Crippen LogP contribution in [0.2, 0.25) is 0 Å². The summed E-state index contributed by atoms with van der Waals surface area (Å²) in [5, 5.41) is 27.5. The molecule has 146 valence electrons. The number of nitrogens with one attached hydrogen (secondary N) is 2. The van der Waals surface area contributed by atoms with Gasteiger partial charge in [-0.2, -0.15) is 0 Å². The number of hydrogen-bond donors (Lipinski definition) is 4. The number of hydrogen-bond acceptors (Lipinski definition) is 7. The highest BCUT2D eigenvalue weighted by atomic mass is 16.5. The molecule has 29 heavy (non-hydrogen) atoms. The first-order valence-electron chi connectivity index (χ1n) is 8.62. The van der Waals surface area contributed by atoms with Gasteiger partial charge < -0.3 is 29.2 Å². The smallest absolute Gasteiger partial charge is 0.224 e. The number of rotatable bonds is 3. The lowest BCUT2D eigenvalue weighted by molar-refractivity contribution is 0.340. The van der Waals surface area contributed by atoms with Crippen LogP contribution in [0.5, 0.6) is 23.0 Å². The molecule has 0 fully saturated rings. The molecule has 0 atom stereocenters. The second kappa shape index (κ2) is 5.93. The van der Waals surface area contributed by atoms with E-state index in [-0.39, 0.29) is 22.8 Å². The molecular weight excluding hydrogens is 378 g/mol. The maximum Gasteiger partial charge on any atom is 0.224 e. The Balaban J connectivity index is 1.98. The van der Waals surface area contributed by atoms with Crippen LogP contribution in [0.25, 0.3) is 44.2 Å². The molecule has 0 radical (unpaired) electrons. The number of H-pyrrole nitrogens is 2. The van der Waals surface area contributed by atoms with Crippen molar-refractivity contribution in [1.82, 2.24) is 15.2 Å². The van der Waals surface area contributed by atoms with E-state index < -0.39 is 11.2 Å². The van der Waals surface area contributed by atoms with Gasteiger partial charge in [-0.05, 0) is 29.8 Å². The van der Waals surface area contributed by atoms with E-state index in [1.807, 2.05) is 0 Å². The first kappa shape index (κ1) is 17.0. The topological polar surface area (TPSA) is 134 Å². The number of benzene rings is 2. The molecule has 0 aliphatic rings. The zero-order valence-corrected chi connectivity index (χ0v) is 15.4. The highest BCUT2D eigenvalue weighted by Crippen LogP contribution is 2.45. The molecule has 0 amide bonds. The van der Waals surface area contributed by atoms with E-state index in [4.69, 9.17) is 13.9 Å². The van der Waals surface area contributed by atoms with Crippen molar-refractivity contribution in [3.63, 3.8) is 0 Å². The van der Waals surface area contributed by atoms with Crippen molar-refractivity contribution in [2.24, 2.45) is 0 Å². The van der Waals surface area contributed by atoms with Gasteiger partial charge in [-0.15, -0.1) is 0 Å². The summed E-state index contributed by atoms with van der Waals surface area (Å²) < 4.78 is 16.5.